The van der Waals surface area contributed by atoms with Crippen LogP contribution in [0.5, 0.6) is 0 Å². The lowest BCUT2D eigenvalue weighted by atomic mass is 10.1. The van der Waals surface area contributed by atoms with Crippen LogP contribution in [-0.2, 0) is 31.2 Å². The first-order valence-corrected chi connectivity index (χ1v) is 15.4. The predicted molar refractivity (Wildman–Crippen MR) is 136 cm³/mol. The number of piperidine rings is 2. The summed E-state index contributed by atoms with van der Waals surface area (Å²) < 4.78 is 55.5. The predicted octanol–water partition coefficient (Wildman–Crippen LogP) is 4.31. The number of sulfone groups is 2. The van der Waals surface area contributed by atoms with Gasteiger partial charge < -0.3 is 9.80 Å². The molecule has 0 N–H and O–H groups in total. The summed E-state index contributed by atoms with van der Waals surface area (Å²) in [5.41, 5.74) is 1.18. The minimum atomic E-state index is -4.14. The number of benzene rings is 2. The highest BCUT2D eigenvalue weighted by Gasteiger charge is 2.39. The van der Waals surface area contributed by atoms with Crippen LogP contribution in [0.3, 0.4) is 0 Å². The standard InChI is InChI=1S/C26H34N2O4S2/c29-33(30,21-23-13-5-1-6-14-23)26(34(31,32)22-24-15-7-2-8-16-24)25(27-17-9-3-10-18-27)28-19-11-4-12-20-28/h1-2,5-8,13-16H,3-4,9-12,17-22H2. The fourth-order valence-corrected chi connectivity index (χ4v) is 9.36. The number of rotatable bonds is 8. The zero-order valence-electron chi connectivity index (χ0n) is 19.6. The van der Waals surface area contributed by atoms with Crippen molar-refractivity contribution in [3.05, 3.63) is 81.8 Å². The Morgan fingerprint density at radius 3 is 1.26 bits per heavy atom. The Balaban J connectivity index is 1.88. The number of nitrogens with zero attached hydrogens (tertiary/aromatic N) is 2. The zero-order chi connectivity index (χ0) is 24.0. The van der Waals surface area contributed by atoms with Crippen LogP contribution in [0.1, 0.15) is 49.7 Å². The molecule has 2 aliphatic heterocycles. The third-order valence-electron chi connectivity index (χ3n) is 6.46. The summed E-state index contributed by atoms with van der Waals surface area (Å²) in [7, 11) is -8.29. The highest BCUT2D eigenvalue weighted by atomic mass is 32.3. The molecule has 0 amide bonds. The van der Waals surface area contributed by atoms with Crippen LogP contribution in [0, 0.1) is 0 Å². The first-order chi connectivity index (χ1) is 16.4. The molecule has 0 bridgehead atoms. The van der Waals surface area contributed by atoms with Crippen LogP contribution < -0.4 is 0 Å². The molecule has 8 heteroatoms. The van der Waals surface area contributed by atoms with E-state index < -0.39 is 23.9 Å². The highest BCUT2D eigenvalue weighted by Crippen LogP contribution is 2.33. The van der Waals surface area contributed by atoms with E-state index in [9.17, 15) is 16.8 Å². The topological polar surface area (TPSA) is 74.8 Å². The Morgan fingerprint density at radius 2 is 0.912 bits per heavy atom. The van der Waals surface area contributed by atoms with Crippen molar-refractivity contribution in [2.24, 2.45) is 0 Å². The van der Waals surface area contributed by atoms with E-state index in [0.29, 0.717) is 43.1 Å². The van der Waals surface area contributed by atoms with E-state index in [1.54, 1.807) is 48.5 Å². The van der Waals surface area contributed by atoms with Gasteiger partial charge in [0.2, 0.25) is 0 Å². The Hall–Kier alpha value is -2.32. The molecule has 34 heavy (non-hydrogen) atoms. The van der Waals surface area contributed by atoms with E-state index >= 15 is 0 Å². The van der Waals surface area contributed by atoms with Gasteiger partial charge in [0.25, 0.3) is 0 Å². The summed E-state index contributed by atoms with van der Waals surface area (Å²) in [4.78, 5) is 4.05. The lowest BCUT2D eigenvalue weighted by Gasteiger charge is -2.41. The molecule has 2 heterocycles. The monoisotopic (exact) mass is 502 g/mol. The molecule has 2 aromatic rings. The second-order valence-electron chi connectivity index (χ2n) is 9.20. The molecule has 0 spiro atoms. The fourth-order valence-electron chi connectivity index (χ4n) is 4.86. The van der Waals surface area contributed by atoms with Crippen molar-refractivity contribution in [1.82, 2.24) is 9.80 Å². The van der Waals surface area contributed by atoms with Gasteiger partial charge in [-0.3, -0.25) is 0 Å². The molecule has 0 aromatic heterocycles. The van der Waals surface area contributed by atoms with Crippen molar-refractivity contribution in [1.29, 1.82) is 0 Å². The van der Waals surface area contributed by atoms with Gasteiger partial charge in [-0.25, -0.2) is 16.8 Å². The minimum absolute atomic E-state index is 0.331. The number of likely N-dealkylation sites (tertiary alicyclic amines) is 2. The zero-order valence-corrected chi connectivity index (χ0v) is 21.2. The summed E-state index contributed by atoms with van der Waals surface area (Å²) in [6.45, 7) is 2.71. The average molecular weight is 503 g/mol. The van der Waals surface area contributed by atoms with Crippen molar-refractivity contribution >= 4 is 19.7 Å². The maximum atomic E-state index is 14.0. The highest BCUT2D eigenvalue weighted by molar-refractivity contribution is 8.13. The molecule has 0 atom stereocenters. The Labute approximate surface area is 204 Å². The number of hydrogen-bond donors (Lipinski definition) is 0. The first kappa shape index (κ1) is 24.8. The summed E-state index contributed by atoms with van der Waals surface area (Å²) in [6, 6.07) is 17.7. The van der Waals surface area contributed by atoms with Crippen LogP contribution in [0.15, 0.2) is 70.7 Å². The van der Waals surface area contributed by atoms with Crippen LogP contribution in [0.4, 0.5) is 0 Å². The summed E-state index contributed by atoms with van der Waals surface area (Å²) in [6.07, 6.45) is 5.88. The average Bonchev–Trinajstić information content (AvgIpc) is 2.84. The lowest BCUT2D eigenvalue weighted by molar-refractivity contribution is 0.166. The van der Waals surface area contributed by atoms with Crippen molar-refractivity contribution in [2.75, 3.05) is 26.2 Å². The molecule has 0 unspecified atom stereocenters. The maximum absolute atomic E-state index is 14.0. The quantitative estimate of drug-likeness (QED) is 0.535. The smallest absolute Gasteiger partial charge is 0.199 e. The molecular formula is C26H34N2O4S2. The van der Waals surface area contributed by atoms with E-state index in [0.717, 1.165) is 38.5 Å². The van der Waals surface area contributed by atoms with Gasteiger partial charge in [0, 0.05) is 26.2 Å². The molecule has 2 aromatic carbocycles. The summed E-state index contributed by atoms with van der Waals surface area (Å²) >= 11 is 0. The second-order valence-corrected chi connectivity index (χ2v) is 13.3. The van der Waals surface area contributed by atoms with E-state index in [4.69, 9.17) is 0 Å². The normalized spacial score (nSPS) is 17.4. The third kappa shape index (κ3) is 6.02. The molecule has 6 nitrogen and oxygen atoms in total. The van der Waals surface area contributed by atoms with Gasteiger partial charge in [-0.05, 0) is 49.7 Å². The first-order valence-electron chi connectivity index (χ1n) is 12.1. The Morgan fingerprint density at radius 1 is 0.559 bits per heavy atom. The molecule has 0 radical (unpaired) electrons. The van der Waals surface area contributed by atoms with Gasteiger partial charge >= 0.3 is 0 Å². The van der Waals surface area contributed by atoms with Gasteiger partial charge in [-0.1, -0.05) is 60.7 Å². The van der Waals surface area contributed by atoms with Gasteiger partial charge in [0.15, 0.2) is 23.9 Å². The Bertz CT molecular complexity index is 1090. The molecule has 2 saturated heterocycles. The van der Waals surface area contributed by atoms with Gasteiger partial charge in [0.1, 0.15) is 5.82 Å². The number of hydrogen-bond acceptors (Lipinski definition) is 6. The second kappa shape index (κ2) is 11.0. The molecule has 0 aliphatic carbocycles. The van der Waals surface area contributed by atoms with Crippen molar-refractivity contribution < 1.29 is 16.8 Å². The SMILES string of the molecule is O=S(=O)(Cc1ccccc1)C(=C(N1CCCCC1)N1CCCCC1)S(=O)(=O)Cc1ccccc1. The maximum Gasteiger partial charge on any atom is 0.199 e. The van der Waals surface area contributed by atoms with Crippen LogP contribution in [0.25, 0.3) is 0 Å². The van der Waals surface area contributed by atoms with Crippen molar-refractivity contribution in [2.45, 2.75) is 50.0 Å². The largest absolute Gasteiger partial charge is 0.357 e. The van der Waals surface area contributed by atoms with Gasteiger partial charge in [-0.2, -0.15) is 0 Å². The van der Waals surface area contributed by atoms with E-state index in [2.05, 4.69) is 0 Å². The Kier molecular flexibility index (Phi) is 7.99. The molecule has 2 fully saturated rings. The van der Waals surface area contributed by atoms with E-state index in [1.807, 2.05) is 21.9 Å². The van der Waals surface area contributed by atoms with Crippen molar-refractivity contribution in [3.8, 4) is 0 Å². The fraction of sp³-hybridized carbons (Fsp3) is 0.462. The van der Waals surface area contributed by atoms with Crippen LogP contribution >= 0.6 is 0 Å². The third-order valence-corrected chi connectivity index (χ3v) is 10.9. The van der Waals surface area contributed by atoms with Crippen LogP contribution in [-0.4, -0.2) is 52.8 Å². The van der Waals surface area contributed by atoms with E-state index in [1.165, 1.54) is 0 Å². The van der Waals surface area contributed by atoms with E-state index in [-0.39, 0.29) is 11.5 Å². The molecule has 184 valence electrons. The molecule has 0 saturated carbocycles. The van der Waals surface area contributed by atoms with Gasteiger partial charge in [-0.15, -0.1) is 0 Å². The molecule has 4 rings (SSSR count). The summed E-state index contributed by atoms with van der Waals surface area (Å²) in [5.74, 6) is -0.253. The minimum Gasteiger partial charge on any atom is -0.357 e. The molecule has 2 aliphatic rings. The van der Waals surface area contributed by atoms with Crippen molar-refractivity contribution in [3.63, 3.8) is 0 Å². The summed E-state index contributed by atoms with van der Waals surface area (Å²) in [5, 5.41) is 0. The van der Waals surface area contributed by atoms with Crippen LogP contribution in [0.2, 0.25) is 0 Å². The molecular weight excluding hydrogens is 468 g/mol. The lowest BCUT2D eigenvalue weighted by Crippen LogP contribution is -2.43. The van der Waals surface area contributed by atoms with Gasteiger partial charge in [0.05, 0.1) is 11.5 Å².